The summed E-state index contributed by atoms with van der Waals surface area (Å²) in [7, 11) is 1.59. The van der Waals surface area contributed by atoms with Gasteiger partial charge >= 0.3 is 0 Å². The molecule has 0 aromatic heterocycles. The number of hydrogen-bond acceptors (Lipinski definition) is 4. The van der Waals surface area contributed by atoms with Crippen molar-refractivity contribution < 1.29 is 9.53 Å². The number of nitrogens with one attached hydrogen (secondary N) is 1. The number of thioether (sulfide) groups is 1. The molecule has 1 amide bonds. The van der Waals surface area contributed by atoms with Crippen molar-refractivity contribution >= 4 is 23.4 Å². The Kier molecular flexibility index (Phi) is 6.60. The number of anilines is 1. The van der Waals surface area contributed by atoms with E-state index in [1.807, 2.05) is 24.3 Å². The molecule has 100 valence electrons. The predicted octanol–water partition coefficient (Wildman–Crippen LogP) is 2.10. The Hall–Kier alpha value is -1.20. The van der Waals surface area contributed by atoms with E-state index in [1.54, 1.807) is 18.9 Å². The molecule has 0 bridgehead atoms. The fraction of sp³-hybridized carbons (Fsp3) is 0.462. The van der Waals surface area contributed by atoms with Crippen LogP contribution in [0, 0.1) is 0 Å². The molecule has 0 aliphatic heterocycles. The number of carbonyl (C=O) groups excluding carboxylic acids is 1. The first-order valence-electron chi connectivity index (χ1n) is 5.92. The summed E-state index contributed by atoms with van der Waals surface area (Å²) < 4.78 is 5.17. The van der Waals surface area contributed by atoms with Gasteiger partial charge in [0.15, 0.2) is 0 Å². The van der Waals surface area contributed by atoms with Crippen molar-refractivity contribution in [2.45, 2.75) is 18.6 Å². The van der Waals surface area contributed by atoms with E-state index >= 15 is 0 Å². The first-order chi connectivity index (χ1) is 8.67. The maximum Gasteiger partial charge on any atom is 0.225 e. The number of para-hydroxylation sites is 2. The van der Waals surface area contributed by atoms with E-state index in [0.29, 0.717) is 29.7 Å². The summed E-state index contributed by atoms with van der Waals surface area (Å²) in [5, 5.41) is 3.24. The van der Waals surface area contributed by atoms with Crippen LogP contribution in [-0.2, 0) is 4.79 Å². The summed E-state index contributed by atoms with van der Waals surface area (Å²) in [4.78, 5) is 11.7. The van der Waals surface area contributed by atoms with Crippen LogP contribution in [0.25, 0.3) is 0 Å². The first-order valence-corrected chi connectivity index (χ1v) is 6.96. The van der Waals surface area contributed by atoms with Gasteiger partial charge in [0.05, 0.1) is 12.8 Å². The highest BCUT2D eigenvalue weighted by Gasteiger charge is 2.07. The summed E-state index contributed by atoms with van der Waals surface area (Å²) >= 11 is 1.71. The molecular weight excluding hydrogens is 248 g/mol. The minimum atomic E-state index is -0.00350. The number of ether oxygens (including phenoxy) is 1. The van der Waals surface area contributed by atoms with Gasteiger partial charge in [-0.1, -0.05) is 19.1 Å². The van der Waals surface area contributed by atoms with E-state index in [2.05, 4.69) is 12.2 Å². The van der Waals surface area contributed by atoms with Crippen molar-refractivity contribution in [1.82, 2.24) is 0 Å². The van der Waals surface area contributed by atoms with E-state index in [-0.39, 0.29) is 5.91 Å². The molecule has 0 saturated heterocycles. The molecule has 4 nitrogen and oxygen atoms in total. The molecule has 0 aliphatic carbocycles. The number of benzene rings is 1. The SMILES string of the molecule is COc1ccccc1NC(=O)CCSC(C)CN. The van der Waals surface area contributed by atoms with Gasteiger partial charge in [0.1, 0.15) is 5.75 Å². The third-order valence-electron chi connectivity index (χ3n) is 2.44. The molecule has 1 aromatic carbocycles. The highest BCUT2D eigenvalue weighted by atomic mass is 32.2. The molecular formula is C13H20N2O2S. The monoisotopic (exact) mass is 268 g/mol. The second kappa shape index (κ2) is 8.00. The number of nitrogens with two attached hydrogens (primary N) is 1. The van der Waals surface area contributed by atoms with Crippen LogP contribution in [0.2, 0.25) is 0 Å². The molecule has 0 radical (unpaired) electrons. The number of carbonyl (C=O) groups is 1. The van der Waals surface area contributed by atoms with Crippen molar-refractivity contribution in [3.8, 4) is 5.75 Å². The lowest BCUT2D eigenvalue weighted by atomic mass is 10.3. The summed E-state index contributed by atoms with van der Waals surface area (Å²) in [6.07, 6.45) is 0.479. The fourth-order valence-electron chi connectivity index (χ4n) is 1.38. The van der Waals surface area contributed by atoms with Gasteiger partial charge < -0.3 is 15.8 Å². The Labute approximate surface area is 112 Å². The summed E-state index contributed by atoms with van der Waals surface area (Å²) in [5.41, 5.74) is 6.22. The maximum absolute atomic E-state index is 11.7. The molecule has 0 aliphatic rings. The molecule has 0 spiro atoms. The molecule has 1 atom stereocenters. The van der Waals surface area contributed by atoms with Crippen LogP contribution in [0.5, 0.6) is 5.75 Å². The Morgan fingerprint density at radius 2 is 2.22 bits per heavy atom. The second-order valence-electron chi connectivity index (χ2n) is 3.92. The van der Waals surface area contributed by atoms with Gasteiger partial charge in [0.25, 0.3) is 0 Å². The predicted molar refractivity (Wildman–Crippen MR) is 77.2 cm³/mol. The van der Waals surface area contributed by atoms with Crippen LogP contribution < -0.4 is 15.8 Å². The van der Waals surface area contributed by atoms with E-state index in [0.717, 1.165) is 5.75 Å². The molecule has 5 heteroatoms. The van der Waals surface area contributed by atoms with Crippen LogP contribution in [0.15, 0.2) is 24.3 Å². The standard InChI is InChI=1S/C13H20N2O2S/c1-10(9-14)18-8-7-13(16)15-11-5-3-4-6-12(11)17-2/h3-6,10H,7-9,14H2,1-2H3,(H,15,16). The van der Waals surface area contributed by atoms with Gasteiger partial charge in [-0.2, -0.15) is 11.8 Å². The third kappa shape index (κ3) is 4.98. The van der Waals surface area contributed by atoms with Crippen molar-refractivity contribution in [3.63, 3.8) is 0 Å². The molecule has 0 heterocycles. The van der Waals surface area contributed by atoms with Gasteiger partial charge in [-0.3, -0.25) is 4.79 Å². The van der Waals surface area contributed by atoms with Crippen molar-refractivity contribution in [2.24, 2.45) is 5.73 Å². The van der Waals surface area contributed by atoms with Crippen molar-refractivity contribution in [3.05, 3.63) is 24.3 Å². The lowest BCUT2D eigenvalue weighted by Gasteiger charge is -2.10. The summed E-state index contributed by atoms with van der Waals surface area (Å²) in [5.74, 6) is 1.45. The van der Waals surface area contributed by atoms with Gasteiger partial charge in [-0.15, -0.1) is 0 Å². The third-order valence-corrected chi connectivity index (χ3v) is 3.65. The molecule has 0 fully saturated rings. The van der Waals surface area contributed by atoms with Gasteiger partial charge in [0.2, 0.25) is 5.91 Å². The van der Waals surface area contributed by atoms with Crippen LogP contribution >= 0.6 is 11.8 Å². The van der Waals surface area contributed by atoms with Crippen LogP contribution in [-0.4, -0.2) is 30.6 Å². The van der Waals surface area contributed by atoms with E-state index in [4.69, 9.17) is 10.5 Å². The van der Waals surface area contributed by atoms with Gasteiger partial charge in [-0.25, -0.2) is 0 Å². The topological polar surface area (TPSA) is 64.3 Å². The van der Waals surface area contributed by atoms with Crippen molar-refractivity contribution in [1.29, 1.82) is 0 Å². The number of rotatable bonds is 7. The molecule has 1 unspecified atom stereocenters. The van der Waals surface area contributed by atoms with Crippen LogP contribution in [0.4, 0.5) is 5.69 Å². The zero-order chi connectivity index (χ0) is 13.4. The van der Waals surface area contributed by atoms with E-state index < -0.39 is 0 Å². The minimum Gasteiger partial charge on any atom is -0.495 e. The number of methoxy groups -OCH3 is 1. The lowest BCUT2D eigenvalue weighted by Crippen LogP contribution is -2.16. The Morgan fingerprint density at radius 3 is 2.89 bits per heavy atom. The highest BCUT2D eigenvalue weighted by molar-refractivity contribution is 7.99. The first kappa shape index (κ1) is 14.9. The minimum absolute atomic E-state index is 0.00350. The Balaban J connectivity index is 2.40. The van der Waals surface area contributed by atoms with Crippen LogP contribution in [0.1, 0.15) is 13.3 Å². The Morgan fingerprint density at radius 1 is 1.50 bits per heavy atom. The van der Waals surface area contributed by atoms with Gasteiger partial charge in [-0.05, 0) is 12.1 Å². The molecule has 1 rings (SSSR count). The Bertz CT molecular complexity index is 385. The molecule has 0 saturated carbocycles. The molecule has 1 aromatic rings. The highest BCUT2D eigenvalue weighted by Crippen LogP contribution is 2.23. The quantitative estimate of drug-likeness (QED) is 0.795. The van der Waals surface area contributed by atoms with E-state index in [1.165, 1.54) is 0 Å². The largest absolute Gasteiger partial charge is 0.495 e. The van der Waals surface area contributed by atoms with E-state index in [9.17, 15) is 4.79 Å². The summed E-state index contributed by atoms with van der Waals surface area (Å²) in [6.45, 7) is 2.70. The smallest absolute Gasteiger partial charge is 0.225 e. The van der Waals surface area contributed by atoms with Gasteiger partial charge in [0, 0.05) is 24.0 Å². The summed E-state index contributed by atoms with van der Waals surface area (Å²) in [6, 6.07) is 7.38. The lowest BCUT2D eigenvalue weighted by molar-refractivity contribution is -0.115. The average Bonchev–Trinajstić information content (AvgIpc) is 2.39. The number of amides is 1. The normalized spacial score (nSPS) is 11.9. The second-order valence-corrected chi connectivity index (χ2v) is 5.46. The number of hydrogen-bond donors (Lipinski definition) is 2. The fourth-order valence-corrected chi connectivity index (χ4v) is 2.22. The molecule has 18 heavy (non-hydrogen) atoms. The van der Waals surface area contributed by atoms with Crippen molar-refractivity contribution in [2.75, 3.05) is 24.7 Å². The average molecular weight is 268 g/mol. The van der Waals surface area contributed by atoms with Crippen LogP contribution in [0.3, 0.4) is 0 Å². The zero-order valence-electron chi connectivity index (χ0n) is 10.8. The zero-order valence-corrected chi connectivity index (χ0v) is 11.6. The molecule has 3 N–H and O–H groups in total. The maximum atomic E-state index is 11.7.